The molecule has 2 aliphatic rings. The van der Waals surface area contributed by atoms with E-state index in [9.17, 15) is 4.79 Å². The molecule has 2 aromatic heterocycles. The summed E-state index contributed by atoms with van der Waals surface area (Å²) >= 11 is 6.05. The van der Waals surface area contributed by atoms with Crippen LogP contribution in [-0.4, -0.2) is 22.3 Å². The Balaban J connectivity index is 1.67. The second kappa shape index (κ2) is 7.88. The highest BCUT2D eigenvalue weighted by Gasteiger charge is 2.32. The number of Topliss-reactive ketones (excluding diaryl/α,β-unsaturated/α-hetero) is 1. The number of rotatable bonds is 6. The Hall–Kier alpha value is -2.46. The molecule has 1 atom stereocenters. The van der Waals surface area contributed by atoms with Crippen molar-refractivity contribution in [2.24, 2.45) is 11.8 Å². The fourth-order valence-corrected chi connectivity index (χ4v) is 3.93. The summed E-state index contributed by atoms with van der Waals surface area (Å²) in [6, 6.07) is 7.71. The van der Waals surface area contributed by atoms with Crippen molar-refractivity contribution < 1.29 is 4.79 Å². The summed E-state index contributed by atoms with van der Waals surface area (Å²) < 4.78 is 0. The summed E-state index contributed by atoms with van der Waals surface area (Å²) in [5.74, 6) is 1.93. The van der Waals surface area contributed by atoms with E-state index >= 15 is 0 Å². The zero-order valence-electron chi connectivity index (χ0n) is 16.2. The first-order valence-corrected chi connectivity index (χ1v) is 10.2. The van der Waals surface area contributed by atoms with Crippen LogP contribution in [0.15, 0.2) is 59.8 Å². The van der Waals surface area contributed by atoms with E-state index in [4.69, 9.17) is 16.6 Å². The van der Waals surface area contributed by atoms with Crippen molar-refractivity contribution in [1.29, 1.82) is 0 Å². The van der Waals surface area contributed by atoms with Gasteiger partial charge in [-0.2, -0.15) is 0 Å². The van der Waals surface area contributed by atoms with Crippen LogP contribution in [0.4, 0.5) is 5.82 Å². The predicted molar refractivity (Wildman–Crippen MR) is 114 cm³/mol. The highest BCUT2D eigenvalue weighted by Crippen LogP contribution is 2.37. The van der Waals surface area contributed by atoms with Gasteiger partial charge in [0.05, 0.1) is 0 Å². The smallest absolute Gasteiger partial charge is 0.163 e. The molecule has 0 spiro atoms. The SMILES string of the molecule is CC(C)CCC(=O)CC1=C2C=CC=CC2CN1c1ccc2ccc(Cl)nc2n1. The molecule has 0 saturated carbocycles. The Kier molecular flexibility index (Phi) is 5.31. The summed E-state index contributed by atoms with van der Waals surface area (Å²) in [4.78, 5) is 23.9. The molecule has 0 amide bonds. The number of allylic oxidation sites excluding steroid dienone is 4. The molecule has 3 heterocycles. The summed E-state index contributed by atoms with van der Waals surface area (Å²) in [5.41, 5.74) is 2.91. The summed E-state index contributed by atoms with van der Waals surface area (Å²) in [6.07, 6.45) is 10.4. The van der Waals surface area contributed by atoms with E-state index in [-0.39, 0.29) is 5.78 Å². The van der Waals surface area contributed by atoms with Crippen LogP contribution in [0.5, 0.6) is 0 Å². The van der Waals surface area contributed by atoms with Crippen molar-refractivity contribution in [3.8, 4) is 0 Å². The molecule has 1 aliphatic carbocycles. The summed E-state index contributed by atoms with van der Waals surface area (Å²) in [6.45, 7) is 5.10. The number of carbonyl (C=O) groups is 1. The molecule has 28 heavy (non-hydrogen) atoms. The van der Waals surface area contributed by atoms with Crippen LogP contribution >= 0.6 is 11.6 Å². The van der Waals surface area contributed by atoms with E-state index in [2.05, 4.69) is 42.0 Å². The molecule has 0 saturated heterocycles. The van der Waals surface area contributed by atoms with Gasteiger partial charge in [0.1, 0.15) is 16.8 Å². The maximum Gasteiger partial charge on any atom is 0.163 e. The normalized spacial score (nSPS) is 18.4. The third-order valence-electron chi connectivity index (χ3n) is 5.31. The molecule has 2 aromatic rings. The van der Waals surface area contributed by atoms with Gasteiger partial charge in [-0.1, -0.05) is 49.8 Å². The molecular formula is C23H24ClN3O. The van der Waals surface area contributed by atoms with Crippen LogP contribution in [0.3, 0.4) is 0 Å². The van der Waals surface area contributed by atoms with Gasteiger partial charge >= 0.3 is 0 Å². The maximum absolute atomic E-state index is 12.7. The van der Waals surface area contributed by atoms with E-state index in [1.54, 1.807) is 6.07 Å². The van der Waals surface area contributed by atoms with Crippen LogP contribution in [0.2, 0.25) is 5.15 Å². The average molecular weight is 394 g/mol. The largest absolute Gasteiger partial charge is 0.328 e. The zero-order valence-corrected chi connectivity index (χ0v) is 17.0. The number of halogens is 1. The number of hydrogen-bond acceptors (Lipinski definition) is 4. The Morgan fingerprint density at radius 3 is 2.86 bits per heavy atom. The summed E-state index contributed by atoms with van der Waals surface area (Å²) in [7, 11) is 0. The minimum absolute atomic E-state index is 0.284. The minimum atomic E-state index is 0.284. The lowest BCUT2D eigenvalue weighted by atomic mass is 9.94. The van der Waals surface area contributed by atoms with Crippen molar-refractivity contribution >= 4 is 34.2 Å². The Morgan fingerprint density at radius 1 is 1.21 bits per heavy atom. The van der Waals surface area contributed by atoms with Gasteiger partial charge in [-0.25, -0.2) is 9.97 Å². The zero-order chi connectivity index (χ0) is 19.7. The monoisotopic (exact) mass is 393 g/mol. The summed E-state index contributed by atoms with van der Waals surface area (Å²) in [5, 5.41) is 1.38. The molecule has 1 unspecified atom stereocenters. The van der Waals surface area contributed by atoms with Gasteiger partial charge in [-0.3, -0.25) is 4.79 Å². The van der Waals surface area contributed by atoms with Crippen molar-refractivity contribution in [1.82, 2.24) is 9.97 Å². The fourth-order valence-electron chi connectivity index (χ4n) is 3.79. The molecule has 1 aliphatic heterocycles. The first-order valence-electron chi connectivity index (χ1n) is 9.81. The van der Waals surface area contributed by atoms with Gasteiger partial charge < -0.3 is 4.90 Å². The number of nitrogens with zero attached hydrogens (tertiary/aromatic N) is 3. The van der Waals surface area contributed by atoms with Gasteiger partial charge in [-0.15, -0.1) is 0 Å². The maximum atomic E-state index is 12.7. The van der Waals surface area contributed by atoms with E-state index in [1.807, 2.05) is 24.3 Å². The molecule has 5 heteroatoms. The molecule has 0 radical (unpaired) electrons. The van der Waals surface area contributed by atoms with Crippen molar-refractivity contribution in [3.05, 3.63) is 65.0 Å². The van der Waals surface area contributed by atoms with E-state index in [0.717, 1.165) is 29.9 Å². The standard InChI is InChI=1S/C23H24ClN3O/c1-15(2)7-10-18(28)13-20-19-6-4-3-5-17(19)14-27(20)22-12-9-16-8-11-21(24)25-23(16)26-22/h3-6,8-9,11-12,15,17H,7,10,13-14H2,1-2H3. The third-order valence-corrected chi connectivity index (χ3v) is 5.52. The highest BCUT2D eigenvalue weighted by molar-refractivity contribution is 6.29. The van der Waals surface area contributed by atoms with E-state index < -0.39 is 0 Å². The van der Waals surface area contributed by atoms with Crippen LogP contribution in [0.1, 0.15) is 33.1 Å². The van der Waals surface area contributed by atoms with Gasteiger partial charge in [0.2, 0.25) is 0 Å². The van der Waals surface area contributed by atoms with Gasteiger partial charge in [0.15, 0.2) is 5.65 Å². The molecular weight excluding hydrogens is 370 g/mol. The predicted octanol–water partition coefficient (Wildman–Crippen LogP) is 5.49. The Labute approximate surface area is 170 Å². The number of carbonyl (C=O) groups excluding carboxylic acids is 1. The molecule has 4 rings (SSSR count). The molecule has 144 valence electrons. The highest BCUT2D eigenvalue weighted by atomic mass is 35.5. The first-order chi connectivity index (χ1) is 13.5. The van der Waals surface area contributed by atoms with Crippen LogP contribution in [-0.2, 0) is 4.79 Å². The number of anilines is 1. The molecule has 0 fully saturated rings. The second-order valence-electron chi connectivity index (χ2n) is 7.86. The lowest BCUT2D eigenvalue weighted by molar-refractivity contribution is -0.118. The number of hydrogen-bond donors (Lipinski definition) is 0. The number of fused-ring (bicyclic) bond motifs is 2. The number of aromatic nitrogens is 2. The van der Waals surface area contributed by atoms with Crippen molar-refractivity contribution in [2.45, 2.75) is 33.1 Å². The molecule has 0 bridgehead atoms. The van der Waals surface area contributed by atoms with Crippen LogP contribution in [0, 0.1) is 11.8 Å². The van der Waals surface area contributed by atoms with Gasteiger partial charge in [0, 0.05) is 36.4 Å². The fraction of sp³-hybridized carbons (Fsp3) is 0.348. The Morgan fingerprint density at radius 2 is 2.04 bits per heavy atom. The number of pyridine rings is 2. The second-order valence-corrected chi connectivity index (χ2v) is 8.25. The van der Waals surface area contributed by atoms with Gasteiger partial charge in [-0.05, 0) is 42.2 Å². The average Bonchev–Trinajstić information content (AvgIpc) is 3.04. The Bertz CT molecular complexity index is 1010. The minimum Gasteiger partial charge on any atom is -0.328 e. The van der Waals surface area contributed by atoms with Crippen LogP contribution < -0.4 is 4.90 Å². The van der Waals surface area contributed by atoms with Crippen LogP contribution in [0.25, 0.3) is 11.0 Å². The lowest BCUT2D eigenvalue weighted by Gasteiger charge is -2.22. The molecule has 0 aromatic carbocycles. The van der Waals surface area contributed by atoms with E-state index in [0.29, 0.717) is 35.5 Å². The molecule has 4 nitrogen and oxygen atoms in total. The third kappa shape index (κ3) is 3.88. The lowest BCUT2D eigenvalue weighted by Crippen LogP contribution is -2.23. The quantitative estimate of drug-likeness (QED) is 0.608. The number of ketones is 1. The first kappa shape index (κ1) is 18.9. The van der Waals surface area contributed by atoms with Gasteiger partial charge in [0.25, 0.3) is 0 Å². The molecule has 0 N–H and O–H groups in total. The van der Waals surface area contributed by atoms with E-state index in [1.165, 1.54) is 5.57 Å². The topological polar surface area (TPSA) is 46.1 Å². The van der Waals surface area contributed by atoms with Crippen molar-refractivity contribution in [3.63, 3.8) is 0 Å². The van der Waals surface area contributed by atoms with Crippen molar-refractivity contribution in [2.75, 3.05) is 11.4 Å².